The number of aliphatic imine (C=N–C) groups is 1. The van der Waals surface area contributed by atoms with Gasteiger partial charge in [-0.25, -0.2) is 9.37 Å². The number of halogens is 1. The summed E-state index contributed by atoms with van der Waals surface area (Å²) >= 11 is 0. The highest BCUT2D eigenvalue weighted by Crippen LogP contribution is 2.20. The monoisotopic (exact) mass is 414 g/mol. The van der Waals surface area contributed by atoms with E-state index in [1.54, 1.807) is 24.4 Å². The molecule has 1 aliphatic heterocycles. The van der Waals surface area contributed by atoms with Crippen LogP contribution in [-0.4, -0.2) is 60.7 Å². The maximum atomic E-state index is 14.0. The Balaban J connectivity index is 1.48. The first-order chi connectivity index (χ1) is 14.6. The van der Waals surface area contributed by atoms with Gasteiger partial charge in [-0.05, 0) is 49.7 Å². The van der Waals surface area contributed by atoms with Crippen molar-refractivity contribution in [3.05, 3.63) is 54.0 Å². The Hall–Kier alpha value is -3.36. The molecule has 2 aromatic rings. The van der Waals surface area contributed by atoms with Gasteiger partial charge < -0.3 is 26.0 Å². The molecule has 1 amide bonds. The highest BCUT2D eigenvalue weighted by atomic mass is 19.1. The maximum Gasteiger partial charge on any atom is 0.251 e. The molecule has 2 heterocycles. The molecular weight excluding hydrogens is 387 g/mol. The molecule has 0 radical (unpaired) electrons. The number of hydrogen-bond acceptors (Lipinski definition) is 5. The van der Waals surface area contributed by atoms with Crippen LogP contribution in [0.25, 0.3) is 0 Å². The molecular formula is C21H27FN6O2. The van der Waals surface area contributed by atoms with Gasteiger partial charge in [-0.15, -0.1) is 0 Å². The predicted octanol–water partition coefficient (Wildman–Crippen LogP) is 1.49. The SMILES string of the molecule is CCNC(=NCCNC(=O)c1ccc(O)cc1)NC1CCN(c2ncccc2F)C1. The van der Waals surface area contributed by atoms with Gasteiger partial charge in [0.25, 0.3) is 5.91 Å². The fourth-order valence-corrected chi connectivity index (χ4v) is 3.25. The maximum absolute atomic E-state index is 14.0. The number of pyridine rings is 1. The lowest BCUT2D eigenvalue weighted by atomic mass is 10.2. The summed E-state index contributed by atoms with van der Waals surface area (Å²) in [5.41, 5.74) is 0.481. The molecule has 0 spiro atoms. The highest BCUT2D eigenvalue weighted by molar-refractivity contribution is 5.94. The first-order valence-electron chi connectivity index (χ1n) is 10.0. The Labute approximate surface area is 175 Å². The van der Waals surface area contributed by atoms with E-state index < -0.39 is 0 Å². The number of carbonyl (C=O) groups is 1. The van der Waals surface area contributed by atoms with Gasteiger partial charge >= 0.3 is 0 Å². The molecule has 1 aliphatic rings. The van der Waals surface area contributed by atoms with E-state index in [4.69, 9.17) is 0 Å². The molecule has 8 nitrogen and oxygen atoms in total. The fraction of sp³-hybridized carbons (Fsp3) is 0.381. The van der Waals surface area contributed by atoms with Crippen molar-refractivity contribution in [1.29, 1.82) is 0 Å². The van der Waals surface area contributed by atoms with E-state index in [1.807, 2.05) is 11.8 Å². The van der Waals surface area contributed by atoms with Gasteiger partial charge in [-0.2, -0.15) is 0 Å². The second kappa shape index (κ2) is 10.4. The van der Waals surface area contributed by atoms with Crippen LogP contribution in [0.2, 0.25) is 0 Å². The summed E-state index contributed by atoms with van der Waals surface area (Å²) < 4.78 is 14.0. The number of benzene rings is 1. The molecule has 1 atom stereocenters. The van der Waals surface area contributed by atoms with Crippen LogP contribution < -0.4 is 20.9 Å². The van der Waals surface area contributed by atoms with Crippen molar-refractivity contribution in [1.82, 2.24) is 20.9 Å². The van der Waals surface area contributed by atoms with Gasteiger partial charge in [0, 0.05) is 44.0 Å². The second-order valence-corrected chi connectivity index (χ2v) is 6.95. The Morgan fingerprint density at radius 1 is 1.30 bits per heavy atom. The number of aromatic hydroxyl groups is 1. The molecule has 3 rings (SSSR count). The third-order valence-corrected chi connectivity index (χ3v) is 4.71. The first-order valence-corrected chi connectivity index (χ1v) is 10.0. The van der Waals surface area contributed by atoms with Crippen LogP contribution in [0.15, 0.2) is 47.6 Å². The molecule has 160 valence electrons. The van der Waals surface area contributed by atoms with Crippen molar-refractivity contribution in [3.8, 4) is 5.75 Å². The zero-order valence-electron chi connectivity index (χ0n) is 16.9. The Kier molecular flexibility index (Phi) is 7.42. The molecule has 9 heteroatoms. The number of nitrogens with one attached hydrogen (secondary N) is 3. The Morgan fingerprint density at radius 2 is 2.10 bits per heavy atom. The summed E-state index contributed by atoms with van der Waals surface area (Å²) in [6.45, 7) is 4.82. The van der Waals surface area contributed by atoms with E-state index in [9.17, 15) is 14.3 Å². The van der Waals surface area contributed by atoms with Crippen LogP contribution in [0.5, 0.6) is 5.75 Å². The summed E-state index contributed by atoms with van der Waals surface area (Å²) in [7, 11) is 0. The number of nitrogens with zero attached hydrogens (tertiary/aromatic N) is 3. The molecule has 1 fully saturated rings. The van der Waals surface area contributed by atoms with Crippen molar-refractivity contribution < 1.29 is 14.3 Å². The number of phenols is 1. The average molecular weight is 414 g/mol. The molecule has 1 aromatic heterocycles. The van der Waals surface area contributed by atoms with Crippen molar-refractivity contribution >= 4 is 17.7 Å². The zero-order chi connectivity index (χ0) is 21.3. The van der Waals surface area contributed by atoms with Gasteiger partial charge in [0.05, 0.1) is 6.54 Å². The van der Waals surface area contributed by atoms with Crippen LogP contribution in [0.1, 0.15) is 23.7 Å². The number of aromatic nitrogens is 1. The van der Waals surface area contributed by atoms with Crippen LogP contribution in [0.3, 0.4) is 0 Å². The summed E-state index contributed by atoms with van der Waals surface area (Å²) in [6, 6.07) is 9.20. The zero-order valence-corrected chi connectivity index (χ0v) is 16.9. The summed E-state index contributed by atoms with van der Waals surface area (Å²) in [5.74, 6) is 0.620. The molecule has 0 aliphatic carbocycles. The first kappa shape index (κ1) is 21.4. The van der Waals surface area contributed by atoms with E-state index in [-0.39, 0.29) is 23.5 Å². The Bertz CT molecular complexity index is 874. The average Bonchev–Trinajstić information content (AvgIpc) is 3.20. The lowest BCUT2D eigenvalue weighted by molar-refractivity contribution is 0.0955. The summed E-state index contributed by atoms with van der Waals surface area (Å²) in [5, 5.41) is 18.7. The number of hydrogen-bond donors (Lipinski definition) is 4. The molecule has 0 bridgehead atoms. The Morgan fingerprint density at radius 3 is 2.83 bits per heavy atom. The van der Waals surface area contributed by atoms with Crippen molar-refractivity contribution in [2.45, 2.75) is 19.4 Å². The standard InChI is InChI=1S/C21H27FN6O2/c1-2-23-21(26-12-11-25-20(30)15-5-7-17(29)8-6-15)27-16-9-13-28(14-16)19-18(22)4-3-10-24-19/h3-8,10,16,29H,2,9,11-14H2,1H3,(H,25,30)(H2,23,26,27). The number of amides is 1. The summed E-state index contributed by atoms with van der Waals surface area (Å²) in [4.78, 5) is 22.7. The topological polar surface area (TPSA) is 102 Å². The van der Waals surface area contributed by atoms with Crippen molar-refractivity contribution in [2.24, 2.45) is 4.99 Å². The van der Waals surface area contributed by atoms with Crippen molar-refractivity contribution in [2.75, 3.05) is 37.6 Å². The number of guanidine groups is 1. The quantitative estimate of drug-likeness (QED) is 0.311. The van der Waals surface area contributed by atoms with Crippen LogP contribution in [-0.2, 0) is 0 Å². The predicted molar refractivity (Wildman–Crippen MR) is 114 cm³/mol. The van der Waals surface area contributed by atoms with E-state index in [0.717, 1.165) is 6.42 Å². The lowest BCUT2D eigenvalue weighted by Crippen LogP contribution is -2.45. The molecule has 0 saturated carbocycles. The molecule has 1 saturated heterocycles. The van der Waals surface area contributed by atoms with Gasteiger partial charge in [-0.1, -0.05) is 0 Å². The van der Waals surface area contributed by atoms with E-state index in [2.05, 4.69) is 25.9 Å². The van der Waals surface area contributed by atoms with Gasteiger partial charge in [0.1, 0.15) is 5.75 Å². The third-order valence-electron chi connectivity index (χ3n) is 4.71. The van der Waals surface area contributed by atoms with Gasteiger partial charge in [-0.3, -0.25) is 9.79 Å². The lowest BCUT2D eigenvalue weighted by Gasteiger charge is -2.20. The van der Waals surface area contributed by atoms with E-state index >= 15 is 0 Å². The second-order valence-electron chi connectivity index (χ2n) is 6.95. The number of anilines is 1. The van der Waals surface area contributed by atoms with E-state index in [0.29, 0.717) is 50.1 Å². The third kappa shape index (κ3) is 5.82. The molecule has 1 aromatic carbocycles. The fourth-order valence-electron chi connectivity index (χ4n) is 3.25. The van der Waals surface area contributed by atoms with Crippen LogP contribution >= 0.6 is 0 Å². The smallest absolute Gasteiger partial charge is 0.251 e. The number of carbonyl (C=O) groups excluding carboxylic acids is 1. The van der Waals surface area contributed by atoms with Gasteiger partial charge in [0.2, 0.25) is 0 Å². The minimum Gasteiger partial charge on any atom is -0.508 e. The molecule has 30 heavy (non-hydrogen) atoms. The number of rotatable bonds is 7. The van der Waals surface area contributed by atoms with Crippen molar-refractivity contribution in [3.63, 3.8) is 0 Å². The summed E-state index contributed by atoms with van der Waals surface area (Å²) in [6.07, 6.45) is 2.44. The minimum atomic E-state index is -0.317. The largest absolute Gasteiger partial charge is 0.508 e. The van der Waals surface area contributed by atoms with E-state index in [1.165, 1.54) is 18.2 Å². The van der Waals surface area contributed by atoms with Crippen LogP contribution in [0, 0.1) is 5.82 Å². The number of phenolic OH excluding ortho intramolecular Hbond substituents is 1. The van der Waals surface area contributed by atoms with Gasteiger partial charge in [0.15, 0.2) is 17.6 Å². The normalized spacial score (nSPS) is 16.4. The highest BCUT2D eigenvalue weighted by Gasteiger charge is 2.25. The molecule has 1 unspecified atom stereocenters. The molecule has 4 N–H and O–H groups in total. The minimum absolute atomic E-state index is 0.119. The van der Waals surface area contributed by atoms with Crippen LogP contribution in [0.4, 0.5) is 10.2 Å².